The predicted octanol–water partition coefficient (Wildman–Crippen LogP) is 0.166. The van der Waals surface area contributed by atoms with E-state index in [1.165, 1.54) is 4.80 Å². The van der Waals surface area contributed by atoms with Gasteiger partial charge in [0.2, 0.25) is 5.91 Å². The lowest BCUT2D eigenvalue weighted by molar-refractivity contribution is -0.150. The Balaban J connectivity index is 1.67. The fourth-order valence-electron chi connectivity index (χ4n) is 2.80. The molecule has 1 aromatic carbocycles. The molecule has 0 bridgehead atoms. The number of amides is 1. The Kier molecular flexibility index (Phi) is 3.84. The van der Waals surface area contributed by atoms with Crippen LogP contribution in [0, 0.1) is 0 Å². The van der Waals surface area contributed by atoms with E-state index >= 15 is 0 Å². The van der Waals surface area contributed by atoms with Crippen LogP contribution in [0.1, 0.15) is 19.8 Å². The molecule has 2 atom stereocenters. The topological polar surface area (TPSA) is 91.5 Å². The number of nitrogens with zero attached hydrogens (tertiary/aromatic N) is 4. The first-order valence-corrected chi connectivity index (χ1v) is 7.50. The summed E-state index contributed by atoms with van der Waals surface area (Å²) in [5.74, 6) is -0.155. The normalized spacial score (nSPS) is 25.6. The summed E-state index contributed by atoms with van der Waals surface area (Å²) in [6, 6.07) is 7.43. The van der Waals surface area contributed by atoms with E-state index in [4.69, 9.17) is 0 Å². The highest BCUT2D eigenvalue weighted by atomic mass is 16.3. The number of fused-ring (bicyclic) bond motifs is 1. The number of carbonyl (C=O) groups excluding carboxylic acids is 1. The molecule has 1 amide bonds. The summed E-state index contributed by atoms with van der Waals surface area (Å²) in [5, 5.41) is 28.8. The molecule has 118 valence electrons. The number of aliphatic hydroxyl groups excluding tert-OH is 1. The van der Waals surface area contributed by atoms with Crippen LogP contribution in [0.25, 0.3) is 11.0 Å². The molecule has 0 spiro atoms. The monoisotopic (exact) mass is 304 g/mol. The third kappa shape index (κ3) is 2.69. The van der Waals surface area contributed by atoms with Crippen molar-refractivity contribution in [2.45, 2.75) is 38.0 Å². The zero-order valence-electron chi connectivity index (χ0n) is 12.5. The number of β-amino-alcohol motifs (C(OH)–C–C–N with tert-alkyl or cyclic N) is 1. The SMILES string of the molecule is CC[C@@]1(O)CCN(C(=O)Cn2nc3ccccc3n2)CC1O. The summed E-state index contributed by atoms with van der Waals surface area (Å²) in [7, 11) is 0. The van der Waals surface area contributed by atoms with E-state index in [0.29, 0.717) is 19.4 Å². The summed E-state index contributed by atoms with van der Waals surface area (Å²) in [6.45, 7) is 2.44. The molecule has 7 heteroatoms. The van der Waals surface area contributed by atoms with Crippen molar-refractivity contribution in [3.05, 3.63) is 24.3 Å². The van der Waals surface area contributed by atoms with Gasteiger partial charge in [-0.25, -0.2) is 0 Å². The number of rotatable bonds is 3. The summed E-state index contributed by atoms with van der Waals surface area (Å²) in [5.41, 5.74) is 0.402. The zero-order chi connectivity index (χ0) is 15.7. The van der Waals surface area contributed by atoms with Crippen molar-refractivity contribution in [2.75, 3.05) is 13.1 Å². The summed E-state index contributed by atoms with van der Waals surface area (Å²) in [6.07, 6.45) is -0.0624. The van der Waals surface area contributed by atoms with E-state index < -0.39 is 11.7 Å². The Morgan fingerprint density at radius 3 is 2.55 bits per heavy atom. The molecule has 0 radical (unpaired) electrons. The highest BCUT2D eigenvalue weighted by Gasteiger charge is 2.40. The molecule has 1 aliphatic heterocycles. The van der Waals surface area contributed by atoms with Crippen LogP contribution in [0.4, 0.5) is 0 Å². The van der Waals surface area contributed by atoms with Crippen molar-refractivity contribution in [1.29, 1.82) is 0 Å². The lowest BCUT2D eigenvalue weighted by Gasteiger charge is -2.41. The molecule has 1 saturated heterocycles. The first kappa shape index (κ1) is 14.9. The number of piperidine rings is 1. The van der Waals surface area contributed by atoms with Gasteiger partial charge >= 0.3 is 0 Å². The molecule has 7 nitrogen and oxygen atoms in total. The smallest absolute Gasteiger partial charge is 0.246 e. The third-order valence-electron chi connectivity index (χ3n) is 4.40. The molecular weight excluding hydrogens is 284 g/mol. The molecule has 0 saturated carbocycles. The molecule has 2 aromatic rings. The number of aliphatic hydroxyl groups is 2. The van der Waals surface area contributed by atoms with Crippen LogP contribution in [0.3, 0.4) is 0 Å². The van der Waals surface area contributed by atoms with E-state index in [9.17, 15) is 15.0 Å². The maximum Gasteiger partial charge on any atom is 0.246 e. The van der Waals surface area contributed by atoms with Crippen LogP contribution in [-0.4, -0.2) is 60.8 Å². The van der Waals surface area contributed by atoms with Gasteiger partial charge in [-0.15, -0.1) is 0 Å². The van der Waals surface area contributed by atoms with E-state index in [2.05, 4.69) is 10.2 Å². The van der Waals surface area contributed by atoms with Crippen molar-refractivity contribution >= 4 is 16.9 Å². The first-order chi connectivity index (χ1) is 10.5. The molecule has 3 rings (SSSR count). The maximum atomic E-state index is 12.3. The Hall–Kier alpha value is -1.99. The van der Waals surface area contributed by atoms with Gasteiger partial charge in [-0.3, -0.25) is 4.79 Å². The van der Waals surface area contributed by atoms with Crippen LogP contribution in [0.15, 0.2) is 24.3 Å². The fourth-order valence-corrected chi connectivity index (χ4v) is 2.80. The quantitative estimate of drug-likeness (QED) is 0.843. The number of hydrogen-bond donors (Lipinski definition) is 2. The summed E-state index contributed by atoms with van der Waals surface area (Å²) >= 11 is 0. The van der Waals surface area contributed by atoms with Gasteiger partial charge in [0.15, 0.2) is 0 Å². The highest BCUT2D eigenvalue weighted by Crippen LogP contribution is 2.25. The van der Waals surface area contributed by atoms with Crippen LogP contribution in [-0.2, 0) is 11.3 Å². The lowest BCUT2D eigenvalue weighted by atomic mass is 9.86. The molecule has 22 heavy (non-hydrogen) atoms. The number of benzene rings is 1. The van der Waals surface area contributed by atoms with E-state index in [-0.39, 0.29) is 19.0 Å². The van der Waals surface area contributed by atoms with Gasteiger partial charge < -0.3 is 15.1 Å². The van der Waals surface area contributed by atoms with Crippen LogP contribution >= 0.6 is 0 Å². The van der Waals surface area contributed by atoms with Crippen molar-refractivity contribution in [1.82, 2.24) is 19.9 Å². The molecule has 1 aliphatic rings. The molecule has 1 aromatic heterocycles. The molecule has 2 heterocycles. The van der Waals surface area contributed by atoms with Crippen molar-refractivity contribution in [3.8, 4) is 0 Å². The molecule has 1 fully saturated rings. The Morgan fingerprint density at radius 1 is 1.36 bits per heavy atom. The van der Waals surface area contributed by atoms with Gasteiger partial charge in [-0.1, -0.05) is 19.1 Å². The van der Waals surface area contributed by atoms with Crippen molar-refractivity contribution in [3.63, 3.8) is 0 Å². The van der Waals surface area contributed by atoms with Gasteiger partial charge in [0.1, 0.15) is 23.7 Å². The number of aromatic nitrogens is 3. The van der Waals surface area contributed by atoms with Crippen LogP contribution < -0.4 is 0 Å². The van der Waals surface area contributed by atoms with Gasteiger partial charge in [0, 0.05) is 13.1 Å². The van der Waals surface area contributed by atoms with Crippen LogP contribution in [0.2, 0.25) is 0 Å². The molecule has 1 unspecified atom stereocenters. The minimum atomic E-state index is -1.09. The average Bonchev–Trinajstić information content (AvgIpc) is 2.92. The minimum absolute atomic E-state index is 0.0337. The van der Waals surface area contributed by atoms with E-state index in [1.807, 2.05) is 31.2 Å². The van der Waals surface area contributed by atoms with Crippen LogP contribution in [0.5, 0.6) is 0 Å². The standard InChI is InChI=1S/C15H20N4O3/c1-2-15(22)7-8-18(9-13(15)20)14(21)10-19-16-11-5-3-4-6-12(11)17-19/h3-6,13,20,22H,2,7-10H2,1H3/t13?,15-/m1/s1. The van der Waals surface area contributed by atoms with E-state index in [0.717, 1.165) is 11.0 Å². The summed E-state index contributed by atoms with van der Waals surface area (Å²) in [4.78, 5) is 15.3. The third-order valence-corrected chi connectivity index (χ3v) is 4.40. The second kappa shape index (κ2) is 5.66. The number of carbonyl (C=O) groups is 1. The molecular formula is C15H20N4O3. The van der Waals surface area contributed by atoms with Gasteiger partial charge in [0.25, 0.3) is 0 Å². The first-order valence-electron chi connectivity index (χ1n) is 7.50. The Labute approximate surface area is 128 Å². The maximum absolute atomic E-state index is 12.3. The zero-order valence-corrected chi connectivity index (χ0v) is 12.5. The van der Waals surface area contributed by atoms with Gasteiger partial charge in [-0.2, -0.15) is 15.0 Å². The van der Waals surface area contributed by atoms with Gasteiger partial charge in [0.05, 0.1) is 5.60 Å². The molecule has 2 N–H and O–H groups in total. The second-order valence-electron chi connectivity index (χ2n) is 5.78. The lowest BCUT2D eigenvalue weighted by Crippen LogP contribution is -2.57. The second-order valence-corrected chi connectivity index (χ2v) is 5.78. The van der Waals surface area contributed by atoms with Gasteiger partial charge in [-0.05, 0) is 25.0 Å². The highest BCUT2D eigenvalue weighted by molar-refractivity contribution is 5.77. The largest absolute Gasteiger partial charge is 0.388 e. The number of likely N-dealkylation sites (tertiary alicyclic amines) is 1. The Morgan fingerprint density at radius 2 is 2.00 bits per heavy atom. The number of hydrogen-bond acceptors (Lipinski definition) is 5. The minimum Gasteiger partial charge on any atom is -0.388 e. The fraction of sp³-hybridized carbons (Fsp3) is 0.533. The molecule has 0 aliphatic carbocycles. The summed E-state index contributed by atoms with van der Waals surface area (Å²) < 4.78 is 0. The van der Waals surface area contributed by atoms with Crippen molar-refractivity contribution in [2.24, 2.45) is 0 Å². The average molecular weight is 304 g/mol. The predicted molar refractivity (Wildman–Crippen MR) is 80.0 cm³/mol. The van der Waals surface area contributed by atoms with Crippen molar-refractivity contribution < 1.29 is 15.0 Å². The Bertz CT molecular complexity index is 653. The van der Waals surface area contributed by atoms with E-state index in [1.54, 1.807) is 4.90 Å².